The van der Waals surface area contributed by atoms with Crippen LogP contribution in [0, 0.1) is 30.0 Å². The molecule has 502 valence electrons. The minimum atomic E-state index is -0.731. The number of amides is 2. The van der Waals surface area contributed by atoms with E-state index in [-0.39, 0.29) is 33.7 Å². The van der Waals surface area contributed by atoms with E-state index < -0.39 is 12.0 Å². The number of aryl methyl sites for hydroxylation is 1. The number of aromatic amines is 1. The largest absolute Gasteiger partial charge is 0.496 e. The number of hydrogen-bond donors (Lipinski definition) is 2. The van der Waals surface area contributed by atoms with E-state index in [4.69, 9.17) is 33.2 Å². The Balaban J connectivity index is 0.000000465. The molecular formula is C71H109F2N7O10. The molecule has 3 fully saturated rings. The van der Waals surface area contributed by atoms with Crippen LogP contribution in [-0.4, -0.2) is 148 Å². The Bertz CT molecular complexity index is 3140. The van der Waals surface area contributed by atoms with Gasteiger partial charge in [-0.1, -0.05) is 79.2 Å². The number of aromatic nitrogens is 4. The third-order valence-electron chi connectivity index (χ3n) is 16.4. The monoisotopic (exact) mass is 1260 g/mol. The van der Waals surface area contributed by atoms with Gasteiger partial charge < -0.3 is 58.0 Å². The van der Waals surface area contributed by atoms with E-state index >= 15 is 4.39 Å². The Kier molecular flexibility index (Phi) is 33.4. The van der Waals surface area contributed by atoms with Crippen molar-refractivity contribution in [2.45, 2.75) is 152 Å². The lowest BCUT2D eigenvalue weighted by molar-refractivity contribution is -0.134. The van der Waals surface area contributed by atoms with Gasteiger partial charge in [-0.2, -0.15) is 0 Å². The number of carbonyl (C=O) groups is 2. The number of rotatable bonds is 19. The number of benzene rings is 3. The smallest absolute Gasteiger partial charge is 0.230 e. The van der Waals surface area contributed by atoms with Crippen molar-refractivity contribution in [2.24, 2.45) is 17.3 Å². The molecule has 1 aliphatic carbocycles. The summed E-state index contributed by atoms with van der Waals surface area (Å²) in [4.78, 5) is 45.1. The van der Waals surface area contributed by atoms with E-state index in [1.165, 1.54) is 19.2 Å². The van der Waals surface area contributed by atoms with Crippen molar-refractivity contribution in [3.63, 3.8) is 0 Å². The Morgan fingerprint density at radius 1 is 0.767 bits per heavy atom. The Morgan fingerprint density at radius 3 is 1.86 bits per heavy atom. The van der Waals surface area contributed by atoms with E-state index in [1.807, 2.05) is 61.0 Å². The highest BCUT2D eigenvalue weighted by molar-refractivity contribution is 5.89. The number of H-pyrrole nitrogens is 1. The van der Waals surface area contributed by atoms with E-state index in [0.29, 0.717) is 107 Å². The van der Waals surface area contributed by atoms with Gasteiger partial charge in [0, 0.05) is 115 Å². The molecule has 3 aromatic heterocycles. The maximum absolute atomic E-state index is 15.1. The first kappa shape index (κ1) is 75.4. The molecule has 0 bridgehead atoms. The normalized spacial score (nSPS) is 16.2. The molecule has 17 nitrogen and oxygen atoms in total. The molecule has 3 atom stereocenters. The number of pyridine rings is 1. The van der Waals surface area contributed by atoms with Crippen LogP contribution in [0.5, 0.6) is 40.4 Å². The zero-order chi connectivity index (χ0) is 64.7. The Hall–Kier alpha value is -7.09. The number of likely N-dealkylation sites (tertiary alicyclic amines) is 2. The van der Waals surface area contributed by atoms with Gasteiger partial charge in [-0.3, -0.25) is 14.6 Å². The standard InChI is InChI=1S/C28H31FN4O4.C23H30N2O5.C7H17N.C6H7F.C3H8O.C3H8.CH4.2H2/c1-17-8-10-33(11-9-17)26(34)5-4-12-36-25-15-22-20(14-24(25)35-3)28(31-16-30-22)37-23-7-6-21-19(27(23)29)13-18(2)32-21;1-27-19-5-9-24-18-15-21(20(28-2)14-17(18)19)30-12-3-4-22(26)25-10-6-23(7-11-25)8-13-29-16-23;1-5-6(2)7(3)8-4;7-6-4-2-1-3-5-6;1-3-4-2;1-3-2;;;/h6-7,13-17,32H,4-5,8-12H2,1-3H3;5,9,14-15H,3-4,6-8,10-13,16H2,1-2H3;6-8H,5H2,1-4H3;1-4,6H,5H2;3H2,1-2H3;3H2,1-2H3;1H4;2*1H. The van der Waals surface area contributed by atoms with Crippen molar-refractivity contribution < 1.29 is 59.1 Å². The van der Waals surface area contributed by atoms with Crippen molar-refractivity contribution in [3.05, 3.63) is 96.9 Å². The van der Waals surface area contributed by atoms with Crippen LogP contribution in [0.15, 0.2) is 85.4 Å². The quantitative estimate of drug-likeness (QED) is 0.0731. The van der Waals surface area contributed by atoms with Crippen molar-refractivity contribution in [3.8, 4) is 40.4 Å². The van der Waals surface area contributed by atoms with Crippen molar-refractivity contribution in [1.29, 1.82) is 0 Å². The average Bonchev–Trinajstić information content (AvgIpc) is 1.31. The van der Waals surface area contributed by atoms with Gasteiger partial charge in [0.25, 0.3) is 0 Å². The minimum Gasteiger partial charge on any atom is -0.496 e. The lowest BCUT2D eigenvalue weighted by Gasteiger charge is -2.38. The van der Waals surface area contributed by atoms with Crippen LogP contribution in [0.3, 0.4) is 0 Å². The van der Waals surface area contributed by atoms with Crippen LogP contribution in [0.25, 0.3) is 32.7 Å². The van der Waals surface area contributed by atoms with Crippen LogP contribution >= 0.6 is 0 Å². The Labute approximate surface area is 537 Å². The third kappa shape index (κ3) is 23.0. The molecule has 10 rings (SSSR count). The van der Waals surface area contributed by atoms with Gasteiger partial charge in [0.2, 0.25) is 17.7 Å². The van der Waals surface area contributed by atoms with Gasteiger partial charge in [-0.15, -0.1) is 0 Å². The van der Waals surface area contributed by atoms with Gasteiger partial charge in [0.05, 0.1) is 57.6 Å². The summed E-state index contributed by atoms with van der Waals surface area (Å²) in [5, 5.41) is 5.10. The zero-order valence-corrected chi connectivity index (χ0v) is 55.3. The molecule has 0 saturated carbocycles. The van der Waals surface area contributed by atoms with Crippen molar-refractivity contribution in [1.82, 2.24) is 35.1 Å². The first-order valence-electron chi connectivity index (χ1n) is 31.8. The summed E-state index contributed by atoms with van der Waals surface area (Å²) in [5.41, 5.74) is 3.23. The molecule has 3 aliphatic heterocycles. The highest BCUT2D eigenvalue weighted by atomic mass is 19.1. The van der Waals surface area contributed by atoms with E-state index in [1.54, 1.807) is 77.1 Å². The lowest BCUT2D eigenvalue weighted by Crippen LogP contribution is -2.43. The second kappa shape index (κ2) is 39.9. The molecule has 19 heteroatoms. The van der Waals surface area contributed by atoms with Gasteiger partial charge in [0.1, 0.15) is 18.2 Å². The first-order chi connectivity index (χ1) is 43.0. The second-order valence-electron chi connectivity index (χ2n) is 23.1. The van der Waals surface area contributed by atoms with Crippen LogP contribution in [-0.2, 0) is 19.1 Å². The van der Waals surface area contributed by atoms with E-state index in [9.17, 15) is 14.0 Å². The molecule has 1 spiro atoms. The summed E-state index contributed by atoms with van der Waals surface area (Å²) in [6, 6.07) is 14.8. The third-order valence-corrected chi connectivity index (χ3v) is 16.4. The number of fused-ring (bicyclic) bond motifs is 3. The van der Waals surface area contributed by atoms with Gasteiger partial charge in [0.15, 0.2) is 34.6 Å². The molecule has 2 amide bonds. The number of methoxy groups -OCH3 is 4. The summed E-state index contributed by atoms with van der Waals surface area (Å²) in [7, 11) is 8.48. The van der Waals surface area contributed by atoms with E-state index in [2.05, 4.69) is 71.5 Å². The summed E-state index contributed by atoms with van der Waals surface area (Å²) >= 11 is 0. The maximum Gasteiger partial charge on any atom is 0.230 e. The molecule has 3 unspecified atom stereocenters. The zero-order valence-electron chi connectivity index (χ0n) is 55.3. The summed E-state index contributed by atoms with van der Waals surface area (Å²) in [6.07, 6.45) is 20.0. The number of ether oxygens (including phenoxy) is 8. The molecule has 6 heterocycles. The Morgan fingerprint density at radius 2 is 1.36 bits per heavy atom. The maximum atomic E-state index is 15.1. The van der Waals surface area contributed by atoms with Gasteiger partial charge in [-0.25, -0.2) is 18.7 Å². The summed E-state index contributed by atoms with van der Waals surface area (Å²) in [6.45, 7) is 23.7. The van der Waals surface area contributed by atoms with Crippen LogP contribution in [0.2, 0.25) is 0 Å². The molecule has 3 aromatic carbocycles. The molecule has 0 radical (unpaired) electrons. The number of nitrogens with zero attached hydrogens (tertiary/aromatic N) is 5. The number of halogens is 2. The van der Waals surface area contributed by atoms with Crippen LogP contribution in [0.4, 0.5) is 8.78 Å². The number of piperidine rings is 2. The highest BCUT2D eigenvalue weighted by Crippen LogP contribution is 2.41. The fourth-order valence-corrected chi connectivity index (χ4v) is 10.3. The number of carbonyl (C=O) groups excluding carboxylic acids is 2. The molecule has 90 heavy (non-hydrogen) atoms. The molecule has 6 aromatic rings. The highest BCUT2D eigenvalue weighted by Gasteiger charge is 2.39. The fourth-order valence-electron chi connectivity index (χ4n) is 10.3. The van der Waals surface area contributed by atoms with Crippen LogP contribution in [0.1, 0.15) is 141 Å². The minimum absolute atomic E-state index is 0. The van der Waals surface area contributed by atoms with Crippen LogP contribution < -0.4 is 33.7 Å². The average molecular weight is 1260 g/mol. The SMILES string of the molecule is C.CCC.CCC(C)C(C)NC.CCOC.COc1cc2c(OC)ccnc2cc1OCCCC(=O)N1CCC2(CCOC2)CC1.COc1cc2c(Oc3ccc4[nH]c(C)cc4c3F)ncnc2cc1OCCCC(=O)N1CCC(C)CC1.FC1C=CC=CC1.[HH].[HH]. The fraction of sp³-hybridized carbons (Fsp3) is 0.563. The molecule has 4 aliphatic rings. The summed E-state index contributed by atoms with van der Waals surface area (Å²) in [5.74, 6) is 4.67. The lowest BCUT2D eigenvalue weighted by atomic mass is 9.78. The predicted molar refractivity (Wildman–Crippen MR) is 362 cm³/mol. The molecule has 2 N–H and O–H groups in total. The number of hydrogen-bond acceptors (Lipinski definition) is 14. The molecular weight excluding hydrogens is 1150 g/mol. The predicted octanol–water partition coefficient (Wildman–Crippen LogP) is 15.9. The van der Waals surface area contributed by atoms with Gasteiger partial charge >= 0.3 is 0 Å². The second-order valence-corrected chi connectivity index (χ2v) is 23.1. The van der Waals surface area contributed by atoms with Crippen molar-refractivity contribution in [2.75, 3.05) is 94.7 Å². The first-order valence-corrected chi connectivity index (χ1v) is 31.8. The number of allylic oxidation sites excluding steroid dienone is 4. The van der Waals surface area contributed by atoms with Gasteiger partial charge in [-0.05, 0) is 126 Å². The van der Waals surface area contributed by atoms with E-state index in [0.717, 1.165) is 106 Å². The number of alkyl halides is 1. The summed E-state index contributed by atoms with van der Waals surface area (Å²) < 4.78 is 71.4. The topological polar surface area (TPSA) is 181 Å². The van der Waals surface area contributed by atoms with Crippen molar-refractivity contribution >= 4 is 44.5 Å². The number of nitrogens with one attached hydrogen (secondary N) is 2. The molecule has 3 saturated heterocycles.